The fraction of sp³-hybridized carbons (Fsp3) is 0.474. The SMILES string of the molecule is O=C([C@@H]1C[C@@H]1c1ccccc1F)N1CCCC[C@H]1Cn1cccn1. The minimum absolute atomic E-state index is 0.0472. The molecule has 4 rings (SSSR count). The summed E-state index contributed by atoms with van der Waals surface area (Å²) in [5, 5.41) is 4.27. The highest BCUT2D eigenvalue weighted by Crippen LogP contribution is 2.49. The third-order valence-electron chi connectivity index (χ3n) is 5.28. The van der Waals surface area contributed by atoms with Gasteiger partial charge < -0.3 is 4.90 Å². The molecule has 1 saturated heterocycles. The number of likely N-dealkylation sites (tertiary alicyclic amines) is 1. The highest BCUT2D eigenvalue weighted by molar-refractivity contribution is 5.83. The molecule has 2 heterocycles. The lowest BCUT2D eigenvalue weighted by Crippen LogP contribution is -2.46. The van der Waals surface area contributed by atoms with E-state index in [9.17, 15) is 9.18 Å². The van der Waals surface area contributed by atoms with Crippen LogP contribution in [0.3, 0.4) is 0 Å². The van der Waals surface area contributed by atoms with Crippen LogP contribution in [0.15, 0.2) is 42.7 Å². The molecule has 2 aliphatic rings. The summed E-state index contributed by atoms with van der Waals surface area (Å²) in [7, 11) is 0. The van der Waals surface area contributed by atoms with Gasteiger partial charge in [-0.05, 0) is 49.3 Å². The summed E-state index contributed by atoms with van der Waals surface area (Å²) in [6.07, 6.45) is 7.70. The van der Waals surface area contributed by atoms with Crippen molar-refractivity contribution in [2.24, 2.45) is 5.92 Å². The average Bonchev–Trinajstić information content (AvgIpc) is 3.23. The number of nitrogens with zero attached hydrogens (tertiary/aromatic N) is 3. The predicted molar refractivity (Wildman–Crippen MR) is 88.8 cm³/mol. The van der Waals surface area contributed by atoms with Gasteiger partial charge in [-0.15, -0.1) is 0 Å². The number of hydrogen-bond acceptors (Lipinski definition) is 2. The molecular weight excluding hydrogens is 305 g/mol. The van der Waals surface area contributed by atoms with Crippen LogP contribution in [0, 0.1) is 11.7 Å². The molecule has 2 aromatic rings. The van der Waals surface area contributed by atoms with Crippen molar-refractivity contribution in [3.63, 3.8) is 0 Å². The first-order chi connectivity index (χ1) is 11.7. The maximum atomic E-state index is 14.0. The largest absolute Gasteiger partial charge is 0.338 e. The predicted octanol–water partition coefficient (Wildman–Crippen LogP) is 3.21. The van der Waals surface area contributed by atoms with Gasteiger partial charge in [-0.2, -0.15) is 5.10 Å². The summed E-state index contributed by atoms with van der Waals surface area (Å²) in [6.45, 7) is 1.56. The van der Waals surface area contributed by atoms with Crippen LogP contribution in [0.1, 0.15) is 37.2 Å². The van der Waals surface area contributed by atoms with Crippen LogP contribution in [-0.4, -0.2) is 33.2 Å². The molecule has 0 spiro atoms. The van der Waals surface area contributed by atoms with E-state index in [0.29, 0.717) is 5.56 Å². The van der Waals surface area contributed by atoms with E-state index in [2.05, 4.69) is 5.10 Å². The van der Waals surface area contributed by atoms with Gasteiger partial charge in [0.25, 0.3) is 0 Å². The molecule has 1 amide bonds. The van der Waals surface area contributed by atoms with E-state index in [1.807, 2.05) is 34.0 Å². The molecule has 2 fully saturated rings. The Kier molecular flexibility index (Phi) is 4.08. The molecule has 1 aromatic heterocycles. The second kappa shape index (κ2) is 6.38. The van der Waals surface area contributed by atoms with E-state index in [1.165, 1.54) is 6.07 Å². The van der Waals surface area contributed by atoms with Gasteiger partial charge in [0.2, 0.25) is 5.91 Å². The first-order valence-electron chi connectivity index (χ1n) is 8.76. The molecule has 1 aliphatic heterocycles. The van der Waals surface area contributed by atoms with Crippen molar-refractivity contribution in [1.82, 2.24) is 14.7 Å². The summed E-state index contributed by atoms with van der Waals surface area (Å²) in [4.78, 5) is 15.0. The van der Waals surface area contributed by atoms with Crippen molar-refractivity contribution < 1.29 is 9.18 Å². The van der Waals surface area contributed by atoms with Crippen molar-refractivity contribution in [3.8, 4) is 0 Å². The van der Waals surface area contributed by atoms with E-state index in [1.54, 1.807) is 12.3 Å². The third-order valence-corrected chi connectivity index (χ3v) is 5.28. The normalized spacial score (nSPS) is 26.4. The summed E-state index contributed by atoms with van der Waals surface area (Å²) < 4.78 is 15.9. The van der Waals surface area contributed by atoms with Crippen LogP contribution in [0.4, 0.5) is 4.39 Å². The fourth-order valence-electron chi connectivity index (χ4n) is 3.91. The Labute approximate surface area is 141 Å². The zero-order valence-electron chi connectivity index (χ0n) is 13.6. The molecule has 1 aromatic carbocycles. The monoisotopic (exact) mass is 327 g/mol. The molecular formula is C19H22FN3O. The minimum atomic E-state index is -0.190. The van der Waals surface area contributed by atoms with Gasteiger partial charge in [0, 0.05) is 24.9 Å². The van der Waals surface area contributed by atoms with Crippen LogP contribution in [0.25, 0.3) is 0 Å². The zero-order valence-corrected chi connectivity index (χ0v) is 13.6. The number of hydrogen-bond donors (Lipinski definition) is 0. The molecule has 0 unspecified atom stereocenters. The van der Waals surface area contributed by atoms with E-state index in [0.717, 1.165) is 38.8 Å². The Morgan fingerprint density at radius 2 is 2.12 bits per heavy atom. The van der Waals surface area contributed by atoms with Gasteiger partial charge in [0.1, 0.15) is 5.82 Å². The maximum Gasteiger partial charge on any atom is 0.226 e. The number of rotatable bonds is 4. The second-order valence-electron chi connectivity index (χ2n) is 6.88. The Morgan fingerprint density at radius 3 is 2.92 bits per heavy atom. The number of carbonyl (C=O) groups excluding carboxylic acids is 1. The number of benzene rings is 1. The van der Waals surface area contributed by atoms with Crippen LogP contribution in [0.2, 0.25) is 0 Å². The third kappa shape index (κ3) is 2.95. The lowest BCUT2D eigenvalue weighted by atomic mass is 10.0. The summed E-state index contributed by atoms with van der Waals surface area (Å²) in [5.41, 5.74) is 0.691. The average molecular weight is 327 g/mol. The summed E-state index contributed by atoms with van der Waals surface area (Å²) in [6, 6.07) is 8.95. The van der Waals surface area contributed by atoms with Gasteiger partial charge in [-0.1, -0.05) is 18.2 Å². The number of aromatic nitrogens is 2. The smallest absolute Gasteiger partial charge is 0.226 e. The van der Waals surface area contributed by atoms with Gasteiger partial charge in [-0.25, -0.2) is 4.39 Å². The first-order valence-corrected chi connectivity index (χ1v) is 8.76. The molecule has 3 atom stereocenters. The van der Waals surface area contributed by atoms with Gasteiger partial charge in [0.15, 0.2) is 0 Å². The second-order valence-corrected chi connectivity index (χ2v) is 6.88. The summed E-state index contributed by atoms with van der Waals surface area (Å²) >= 11 is 0. The summed E-state index contributed by atoms with van der Waals surface area (Å²) in [5.74, 6) is -0.00394. The number of amides is 1. The number of piperidine rings is 1. The fourth-order valence-corrected chi connectivity index (χ4v) is 3.91. The van der Waals surface area contributed by atoms with Crippen molar-refractivity contribution in [2.75, 3.05) is 6.54 Å². The highest BCUT2D eigenvalue weighted by atomic mass is 19.1. The lowest BCUT2D eigenvalue weighted by molar-refractivity contribution is -0.136. The first kappa shape index (κ1) is 15.4. The molecule has 4 nitrogen and oxygen atoms in total. The van der Waals surface area contributed by atoms with Gasteiger partial charge in [0.05, 0.1) is 12.6 Å². The van der Waals surface area contributed by atoms with E-state index >= 15 is 0 Å². The van der Waals surface area contributed by atoms with Crippen LogP contribution >= 0.6 is 0 Å². The maximum absolute atomic E-state index is 14.0. The Hall–Kier alpha value is -2.17. The molecule has 24 heavy (non-hydrogen) atoms. The van der Waals surface area contributed by atoms with Crippen LogP contribution in [0.5, 0.6) is 0 Å². The zero-order chi connectivity index (χ0) is 16.5. The number of halogens is 1. The molecule has 5 heteroatoms. The van der Waals surface area contributed by atoms with E-state index < -0.39 is 0 Å². The Morgan fingerprint density at radius 1 is 1.25 bits per heavy atom. The van der Waals surface area contributed by atoms with E-state index in [-0.39, 0.29) is 29.6 Å². The van der Waals surface area contributed by atoms with Crippen LogP contribution in [-0.2, 0) is 11.3 Å². The van der Waals surface area contributed by atoms with Crippen molar-refractivity contribution in [2.45, 2.75) is 44.2 Å². The molecule has 0 bridgehead atoms. The van der Waals surface area contributed by atoms with Gasteiger partial charge >= 0.3 is 0 Å². The topological polar surface area (TPSA) is 38.1 Å². The van der Waals surface area contributed by atoms with Crippen molar-refractivity contribution in [1.29, 1.82) is 0 Å². The molecule has 0 N–H and O–H groups in total. The van der Waals surface area contributed by atoms with Gasteiger partial charge in [-0.3, -0.25) is 9.48 Å². The minimum Gasteiger partial charge on any atom is -0.338 e. The molecule has 1 aliphatic carbocycles. The molecule has 0 radical (unpaired) electrons. The van der Waals surface area contributed by atoms with Crippen LogP contribution < -0.4 is 0 Å². The molecule has 1 saturated carbocycles. The lowest BCUT2D eigenvalue weighted by Gasteiger charge is -2.36. The Bertz CT molecular complexity index is 715. The molecule has 126 valence electrons. The van der Waals surface area contributed by atoms with Crippen molar-refractivity contribution in [3.05, 3.63) is 54.1 Å². The highest BCUT2D eigenvalue weighted by Gasteiger charge is 2.48. The van der Waals surface area contributed by atoms with E-state index in [4.69, 9.17) is 0 Å². The van der Waals surface area contributed by atoms with Crippen molar-refractivity contribution >= 4 is 5.91 Å². The standard InChI is InChI=1S/C19H22FN3O/c20-18-8-2-1-7-15(18)16-12-17(16)19(24)23-11-4-3-6-14(23)13-22-10-5-9-21-22/h1-2,5,7-10,14,16-17H,3-4,6,11-13H2/t14-,16+,17+/m0/s1. The Balaban J connectivity index is 1.46. The number of carbonyl (C=O) groups is 1. The quantitative estimate of drug-likeness (QED) is 0.865.